The maximum absolute atomic E-state index is 5.86. The van der Waals surface area contributed by atoms with Gasteiger partial charge in [0.1, 0.15) is 5.76 Å². The topological polar surface area (TPSA) is 60.2 Å². The van der Waals surface area contributed by atoms with Gasteiger partial charge >= 0.3 is 0 Å². The number of aromatic nitrogens is 2. The lowest BCUT2D eigenvalue weighted by molar-refractivity contribution is 0.529. The number of anilines is 2. The second-order valence-electron chi connectivity index (χ2n) is 3.94. The second kappa shape index (κ2) is 3.92. The summed E-state index contributed by atoms with van der Waals surface area (Å²) in [5.74, 6) is 1.73. The fourth-order valence-corrected chi connectivity index (χ4v) is 1.70. The molecule has 0 bridgehead atoms. The molecule has 5 nitrogen and oxygen atoms in total. The van der Waals surface area contributed by atoms with Crippen LogP contribution in [0.2, 0.25) is 0 Å². The van der Waals surface area contributed by atoms with Gasteiger partial charge in [0.05, 0.1) is 12.0 Å². The van der Waals surface area contributed by atoms with Gasteiger partial charge in [0, 0.05) is 32.4 Å². The fourth-order valence-electron chi connectivity index (χ4n) is 1.70. The highest BCUT2D eigenvalue weighted by Crippen LogP contribution is 2.21. The van der Waals surface area contributed by atoms with Crippen LogP contribution in [0.25, 0.3) is 0 Å². The molecule has 16 heavy (non-hydrogen) atoms. The minimum absolute atomic E-state index is 0.686. The molecule has 2 N–H and O–H groups in total. The summed E-state index contributed by atoms with van der Waals surface area (Å²) in [7, 11) is 3.82. The molecular weight excluding hydrogens is 204 g/mol. The van der Waals surface area contributed by atoms with Gasteiger partial charge in [-0.15, -0.1) is 0 Å². The van der Waals surface area contributed by atoms with E-state index in [-0.39, 0.29) is 0 Å². The molecule has 2 rings (SSSR count). The summed E-state index contributed by atoms with van der Waals surface area (Å²) in [6.07, 6.45) is 3.49. The maximum Gasteiger partial charge on any atom is 0.173 e. The smallest absolute Gasteiger partial charge is 0.173 e. The van der Waals surface area contributed by atoms with Crippen LogP contribution in [0, 0.1) is 6.92 Å². The van der Waals surface area contributed by atoms with E-state index in [0.717, 1.165) is 23.7 Å². The molecule has 86 valence electrons. The van der Waals surface area contributed by atoms with Crippen molar-refractivity contribution in [1.29, 1.82) is 0 Å². The first kappa shape index (κ1) is 10.6. The highest BCUT2D eigenvalue weighted by molar-refractivity contribution is 5.61. The second-order valence-corrected chi connectivity index (χ2v) is 3.94. The van der Waals surface area contributed by atoms with Gasteiger partial charge in [-0.1, -0.05) is 0 Å². The highest BCUT2D eigenvalue weighted by Gasteiger charge is 2.11. The Morgan fingerprint density at radius 3 is 2.81 bits per heavy atom. The molecule has 2 aromatic heterocycles. The monoisotopic (exact) mass is 220 g/mol. The molecule has 2 aromatic rings. The zero-order chi connectivity index (χ0) is 11.7. The largest absolute Gasteiger partial charge is 0.469 e. The molecule has 0 saturated carbocycles. The van der Waals surface area contributed by atoms with Crippen LogP contribution in [0.3, 0.4) is 0 Å². The molecule has 0 spiro atoms. The molecule has 0 atom stereocenters. The number of hydrogen-bond donors (Lipinski definition) is 1. The van der Waals surface area contributed by atoms with Crippen molar-refractivity contribution in [3.63, 3.8) is 0 Å². The molecule has 0 aliphatic rings. The zero-order valence-corrected chi connectivity index (χ0v) is 9.77. The number of nitrogens with two attached hydrogens (primary N) is 1. The molecule has 0 unspecified atom stereocenters. The van der Waals surface area contributed by atoms with E-state index in [1.165, 1.54) is 0 Å². The summed E-state index contributed by atoms with van der Waals surface area (Å²) in [5, 5.41) is 4.31. The van der Waals surface area contributed by atoms with Crippen LogP contribution in [0.1, 0.15) is 11.3 Å². The van der Waals surface area contributed by atoms with Crippen molar-refractivity contribution >= 4 is 11.5 Å². The lowest BCUT2D eigenvalue weighted by Crippen LogP contribution is -2.18. The Kier molecular flexibility index (Phi) is 2.60. The van der Waals surface area contributed by atoms with Crippen molar-refractivity contribution in [3.05, 3.63) is 29.9 Å². The summed E-state index contributed by atoms with van der Waals surface area (Å²) in [5.41, 5.74) is 7.69. The van der Waals surface area contributed by atoms with E-state index in [0.29, 0.717) is 5.69 Å². The van der Waals surface area contributed by atoms with Crippen molar-refractivity contribution in [3.8, 4) is 0 Å². The van der Waals surface area contributed by atoms with E-state index >= 15 is 0 Å². The van der Waals surface area contributed by atoms with Gasteiger partial charge in [-0.3, -0.25) is 4.68 Å². The molecule has 0 saturated heterocycles. The van der Waals surface area contributed by atoms with Gasteiger partial charge in [-0.25, -0.2) is 0 Å². The first-order valence-electron chi connectivity index (χ1n) is 5.11. The summed E-state index contributed by atoms with van der Waals surface area (Å²) in [6, 6.07) is 1.96. The summed E-state index contributed by atoms with van der Waals surface area (Å²) in [4.78, 5) is 2.01. The summed E-state index contributed by atoms with van der Waals surface area (Å²) in [6.45, 7) is 2.69. The molecule has 0 fully saturated rings. The average molecular weight is 220 g/mol. The number of aryl methyl sites for hydroxylation is 2. The van der Waals surface area contributed by atoms with Crippen molar-refractivity contribution in [2.45, 2.75) is 13.5 Å². The Morgan fingerprint density at radius 1 is 1.56 bits per heavy atom. The minimum Gasteiger partial charge on any atom is -0.469 e. The normalized spacial score (nSPS) is 10.7. The summed E-state index contributed by atoms with van der Waals surface area (Å²) < 4.78 is 6.96. The third-order valence-corrected chi connectivity index (χ3v) is 2.57. The maximum atomic E-state index is 5.86. The van der Waals surface area contributed by atoms with Gasteiger partial charge in [0.25, 0.3) is 0 Å². The molecule has 0 aliphatic carbocycles. The molecule has 0 radical (unpaired) electrons. The zero-order valence-electron chi connectivity index (χ0n) is 9.77. The summed E-state index contributed by atoms with van der Waals surface area (Å²) >= 11 is 0. The van der Waals surface area contributed by atoms with Crippen molar-refractivity contribution in [2.24, 2.45) is 7.05 Å². The Morgan fingerprint density at radius 2 is 2.31 bits per heavy atom. The first-order chi connectivity index (χ1) is 7.58. The van der Waals surface area contributed by atoms with E-state index in [4.69, 9.17) is 10.2 Å². The number of nitrogen functional groups attached to an aromatic ring is 1. The number of nitrogens with zero attached hydrogens (tertiary/aromatic N) is 3. The molecule has 5 heteroatoms. The predicted molar refractivity (Wildman–Crippen MR) is 63.2 cm³/mol. The SMILES string of the molecule is Cc1occc1CN(C)c1nn(C)cc1N. The van der Waals surface area contributed by atoms with Gasteiger partial charge in [0.2, 0.25) is 0 Å². The van der Waals surface area contributed by atoms with Crippen LogP contribution in [-0.2, 0) is 13.6 Å². The Bertz CT molecular complexity index is 486. The standard InChI is InChI=1S/C11H16N4O/c1-8-9(4-5-16-8)6-14(2)11-10(12)7-15(3)13-11/h4-5,7H,6,12H2,1-3H3. The Labute approximate surface area is 94.4 Å². The average Bonchev–Trinajstić information content (AvgIpc) is 2.74. The van der Waals surface area contributed by atoms with Crippen LogP contribution in [0.5, 0.6) is 0 Å². The predicted octanol–water partition coefficient (Wildman–Crippen LogP) is 1.54. The fraction of sp³-hybridized carbons (Fsp3) is 0.364. The quantitative estimate of drug-likeness (QED) is 0.852. The van der Waals surface area contributed by atoms with Gasteiger partial charge in [-0.2, -0.15) is 5.10 Å². The van der Waals surface area contributed by atoms with Crippen LogP contribution >= 0.6 is 0 Å². The van der Waals surface area contributed by atoms with Crippen molar-refractivity contribution < 1.29 is 4.42 Å². The molecule has 0 aromatic carbocycles. The lowest BCUT2D eigenvalue weighted by Gasteiger charge is -2.16. The molecule has 2 heterocycles. The Hall–Kier alpha value is -1.91. The van der Waals surface area contributed by atoms with Crippen LogP contribution < -0.4 is 10.6 Å². The third-order valence-electron chi connectivity index (χ3n) is 2.57. The van der Waals surface area contributed by atoms with Crippen molar-refractivity contribution in [2.75, 3.05) is 17.7 Å². The number of hydrogen-bond acceptors (Lipinski definition) is 4. The van der Waals surface area contributed by atoms with Crippen LogP contribution in [-0.4, -0.2) is 16.8 Å². The van der Waals surface area contributed by atoms with Crippen LogP contribution in [0.4, 0.5) is 11.5 Å². The minimum atomic E-state index is 0.686. The van der Waals surface area contributed by atoms with Crippen LogP contribution in [0.15, 0.2) is 22.9 Å². The first-order valence-corrected chi connectivity index (χ1v) is 5.11. The van der Waals surface area contributed by atoms with Gasteiger partial charge < -0.3 is 15.1 Å². The van der Waals surface area contributed by atoms with Crippen molar-refractivity contribution in [1.82, 2.24) is 9.78 Å². The van der Waals surface area contributed by atoms with Gasteiger partial charge in [-0.05, 0) is 13.0 Å². The lowest BCUT2D eigenvalue weighted by atomic mass is 10.2. The Balaban J connectivity index is 2.17. The number of furan rings is 1. The van der Waals surface area contributed by atoms with E-state index in [9.17, 15) is 0 Å². The van der Waals surface area contributed by atoms with E-state index in [1.807, 2.05) is 32.0 Å². The molecule has 0 amide bonds. The number of rotatable bonds is 3. The van der Waals surface area contributed by atoms with E-state index < -0.39 is 0 Å². The molecule has 0 aliphatic heterocycles. The third kappa shape index (κ3) is 1.88. The highest BCUT2D eigenvalue weighted by atomic mass is 16.3. The van der Waals surface area contributed by atoms with E-state index in [2.05, 4.69) is 5.10 Å². The molecular formula is C11H16N4O. The van der Waals surface area contributed by atoms with E-state index in [1.54, 1.807) is 17.1 Å². The van der Waals surface area contributed by atoms with Gasteiger partial charge in [0.15, 0.2) is 5.82 Å².